The topological polar surface area (TPSA) is 49.9 Å². The monoisotopic (exact) mass is 358 g/mol. The van der Waals surface area contributed by atoms with E-state index < -0.39 is 5.60 Å². The Bertz CT molecular complexity index is 676. The number of nitrogens with zero attached hydrogens (tertiary/aromatic N) is 2. The Kier molecular flexibility index (Phi) is 4.76. The molecular formula is C21H30N2O3. The largest absolute Gasteiger partial charge is 0.444 e. The molecule has 0 N–H and O–H groups in total. The molecule has 2 fully saturated rings. The van der Waals surface area contributed by atoms with Crippen LogP contribution in [0.4, 0.5) is 4.79 Å². The average molecular weight is 358 g/mol. The molecule has 2 amide bonds. The van der Waals surface area contributed by atoms with Crippen molar-refractivity contribution in [2.24, 2.45) is 5.92 Å². The van der Waals surface area contributed by atoms with Crippen LogP contribution in [0.5, 0.6) is 0 Å². The summed E-state index contributed by atoms with van der Waals surface area (Å²) >= 11 is 0. The van der Waals surface area contributed by atoms with Gasteiger partial charge in [-0.2, -0.15) is 0 Å². The fourth-order valence-corrected chi connectivity index (χ4v) is 4.05. The first-order valence-electron chi connectivity index (χ1n) is 9.48. The van der Waals surface area contributed by atoms with Crippen LogP contribution in [0.1, 0.15) is 58.6 Å². The fourth-order valence-electron chi connectivity index (χ4n) is 4.05. The van der Waals surface area contributed by atoms with Crippen molar-refractivity contribution in [1.29, 1.82) is 0 Å². The average Bonchev–Trinajstić information content (AvgIpc) is 3.29. The Morgan fingerprint density at radius 2 is 1.88 bits per heavy atom. The van der Waals surface area contributed by atoms with Crippen LogP contribution in [-0.2, 0) is 9.53 Å². The summed E-state index contributed by atoms with van der Waals surface area (Å²) in [5.74, 6) is 0.0282. The molecule has 3 rings (SSSR count). The summed E-state index contributed by atoms with van der Waals surface area (Å²) in [5, 5.41) is 0. The fraction of sp³-hybridized carbons (Fsp3) is 0.619. The van der Waals surface area contributed by atoms with Crippen molar-refractivity contribution >= 4 is 12.0 Å². The summed E-state index contributed by atoms with van der Waals surface area (Å²) in [6.45, 7) is 8.41. The van der Waals surface area contributed by atoms with Crippen LogP contribution in [0.2, 0.25) is 0 Å². The third kappa shape index (κ3) is 3.44. The molecule has 1 saturated heterocycles. The maximum Gasteiger partial charge on any atom is 0.410 e. The smallest absolute Gasteiger partial charge is 0.410 e. The summed E-state index contributed by atoms with van der Waals surface area (Å²) < 4.78 is 5.53. The van der Waals surface area contributed by atoms with Crippen molar-refractivity contribution in [2.45, 2.75) is 64.1 Å². The van der Waals surface area contributed by atoms with Gasteiger partial charge >= 0.3 is 6.09 Å². The Morgan fingerprint density at radius 1 is 1.27 bits per heavy atom. The molecule has 0 radical (unpaired) electrons. The highest BCUT2D eigenvalue weighted by molar-refractivity contribution is 5.84. The van der Waals surface area contributed by atoms with Gasteiger partial charge in [-0.25, -0.2) is 4.79 Å². The van der Waals surface area contributed by atoms with Gasteiger partial charge in [0.1, 0.15) is 5.60 Å². The highest BCUT2D eigenvalue weighted by Crippen LogP contribution is 2.52. The lowest BCUT2D eigenvalue weighted by molar-refractivity contribution is -0.134. The van der Waals surface area contributed by atoms with Crippen LogP contribution in [0.3, 0.4) is 0 Å². The molecule has 2 aliphatic rings. The second-order valence-electron chi connectivity index (χ2n) is 8.60. The van der Waals surface area contributed by atoms with E-state index in [1.54, 1.807) is 11.9 Å². The number of ether oxygens (including phenoxy) is 1. The van der Waals surface area contributed by atoms with E-state index in [9.17, 15) is 9.59 Å². The van der Waals surface area contributed by atoms with E-state index in [4.69, 9.17) is 4.74 Å². The van der Waals surface area contributed by atoms with Gasteiger partial charge in [-0.1, -0.05) is 30.3 Å². The van der Waals surface area contributed by atoms with E-state index in [2.05, 4.69) is 19.1 Å². The number of carbonyl (C=O) groups is 2. The van der Waals surface area contributed by atoms with E-state index in [-0.39, 0.29) is 29.5 Å². The van der Waals surface area contributed by atoms with E-state index in [0.717, 1.165) is 31.4 Å². The highest BCUT2D eigenvalue weighted by Gasteiger charge is 2.60. The van der Waals surface area contributed by atoms with Gasteiger partial charge in [0.2, 0.25) is 5.91 Å². The van der Waals surface area contributed by atoms with Crippen molar-refractivity contribution in [3.8, 4) is 0 Å². The Morgan fingerprint density at radius 3 is 2.42 bits per heavy atom. The SMILES string of the molecule is C[C@@H](c1ccccc1)N1CC[C@H](C2(N(C)C(=O)OC(C)(C)C)CC2)C1=O. The van der Waals surface area contributed by atoms with Crippen molar-refractivity contribution in [2.75, 3.05) is 13.6 Å². The Balaban J connectivity index is 1.72. The van der Waals surface area contributed by atoms with Gasteiger partial charge < -0.3 is 14.5 Å². The molecule has 1 aromatic carbocycles. The minimum atomic E-state index is -0.533. The highest BCUT2D eigenvalue weighted by atomic mass is 16.6. The molecule has 0 unspecified atom stereocenters. The number of rotatable bonds is 4. The van der Waals surface area contributed by atoms with Gasteiger partial charge in [0.25, 0.3) is 0 Å². The van der Waals surface area contributed by atoms with Crippen LogP contribution in [0.25, 0.3) is 0 Å². The number of amides is 2. The third-order valence-corrected chi connectivity index (χ3v) is 5.74. The van der Waals surface area contributed by atoms with E-state index in [0.29, 0.717) is 0 Å². The van der Waals surface area contributed by atoms with Crippen LogP contribution in [-0.4, -0.2) is 46.5 Å². The maximum atomic E-state index is 13.2. The number of hydrogen-bond acceptors (Lipinski definition) is 3. The van der Waals surface area contributed by atoms with Gasteiger partial charge in [-0.15, -0.1) is 0 Å². The van der Waals surface area contributed by atoms with Crippen LogP contribution < -0.4 is 0 Å². The summed E-state index contributed by atoms with van der Waals surface area (Å²) in [7, 11) is 1.78. The molecule has 2 atom stereocenters. The molecule has 1 aliphatic carbocycles. The Hall–Kier alpha value is -2.04. The predicted octanol–water partition coefficient (Wildman–Crippen LogP) is 4.00. The second-order valence-corrected chi connectivity index (χ2v) is 8.60. The van der Waals surface area contributed by atoms with Gasteiger partial charge in [0, 0.05) is 13.6 Å². The zero-order valence-corrected chi connectivity index (χ0v) is 16.5. The summed E-state index contributed by atoms with van der Waals surface area (Å²) in [6.07, 6.45) is 2.19. The molecule has 5 nitrogen and oxygen atoms in total. The molecular weight excluding hydrogens is 328 g/mol. The molecule has 0 aromatic heterocycles. The quantitative estimate of drug-likeness (QED) is 0.817. The first kappa shape index (κ1) is 18.7. The zero-order valence-electron chi connectivity index (χ0n) is 16.5. The molecule has 5 heteroatoms. The molecule has 142 valence electrons. The summed E-state index contributed by atoms with van der Waals surface area (Å²) in [6, 6.07) is 10.2. The van der Waals surface area contributed by atoms with E-state index in [1.165, 1.54) is 0 Å². The minimum absolute atomic E-state index is 0.0522. The van der Waals surface area contributed by atoms with E-state index >= 15 is 0 Å². The molecule has 0 bridgehead atoms. The molecule has 1 aromatic rings. The summed E-state index contributed by atoms with van der Waals surface area (Å²) in [5.41, 5.74) is 0.242. The second kappa shape index (κ2) is 6.60. The number of carbonyl (C=O) groups excluding carboxylic acids is 2. The van der Waals surface area contributed by atoms with Gasteiger partial charge in [0.05, 0.1) is 17.5 Å². The van der Waals surface area contributed by atoms with E-state index in [1.807, 2.05) is 43.9 Å². The molecule has 0 spiro atoms. The number of benzene rings is 1. The lowest BCUT2D eigenvalue weighted by Crippen LogP contribution is -2.48. The number of hydrogen-bond donors (Lipinski definition) is 0. The lowest BCUT2D eigenvalue weighted by atomic mass is 9.94. The molecule has 1 aliphatic heterocycles. The first-order chi connectivity index (χ1) is 12.2. The van der Waals surface area contributed by atoms with Crippen molar-refractivity contribution < 1.29 is 14.3 Å². The van der Waals surface area contributed by atoms with Crippen molar-refractivity contribution in [3.63, 3.8) is 0 Å². The van der Waals surface area contributed by atoms with Crippen LogP contribution >= 0.6 is 0 Å². The van der Waals surface area contributed by atoms with Crippen LogP contribution in [0, 0.1) is 5.92 Å². The maximum absolute atomic E-state index is 13.2. The normalized spacial score (nSPS) is 22.9. The zero-order chi connectivity index (χ0) is 19.1. The van der Waals surface area contributed by atoms with Gasteiger partial charge in [-0.3, -0.25) is 4.79 Å². The third-order valence-electron chi connectivity index (χ3n) is 5.74. The van der Waals surface area contributed by atoms with Crippen LogP contribution in [0.15, 0.2) is 30.3 Å². The lowest BCUT2D eigenvalue weighted by Gasteiger charge is -2.34. The first-order valence-corrected chi connectivity index (χ1v) is 9.48. The summed E-state index contributed by atoms with van der Waals surface area (Å²) in [4.78, 5) is 29.3. The minimum Gasteiger partial charge on any atom is -0.444 e. The van der Waals surface area contributed by atoms with Crippen molar-refractivity contribution in [1.82, 2.24) is 9.80 Å². The van der Waals surface area contributed by atoms with Gasteiger partial charge in [0.15, 0.2) is 0 Å². The molecule has 26 heavy (non-hydrogen) atoms. The van der Waals surface area contributed by atoms with Crippen molar-refractivity contribution in [3.05, 3.63) is 35.9 Å². The standard InChI is InChI=1S/C21H30N2O3/c1-15(16-9-7-6-8-10-16)23-14-11-17(18(23)24)21(12-13-21)22(5)19(25)26-20(2,3)4/h6-10,15,17H,11-14H2,1-5H3/t15-,17-/m0/s1. The molecule has 1 saturated carbocycles. The Labute approximate surface area is 156 Å². The molecule has 1 heterocycles. The van der Waals surface area contributed by atoms with Gasteiger partial charge in [-0.05, 0) is 52.5 Å². The number of likely N-dealkylation sites (tertiary alicyclic amines) is 1. The predicted molar refractivity (Wildman–Crippen MR) is 101 cm³/mol.